The second-order valence-corrected chi connectivity index (χ2v) is 5.85. The summed E-state index contributed by atoms with van der Waals surface area (Å²) < 4.78 is 2.17. The Morgan fingerprint density at radius 1 is 1.24 bits per heavy atom. The molecule has 1 aromatic heterocycles. The summed E-state index contributed by atoms with van der Waals surface area (Å²) in [6.45, 7) is 17.7. The highest BCUT2D eigenvalue weighted by Gasteiger charge is 2.39. The smallest absolute Gasteiger partial charge is 0.0676 e. The topological polar surface area (TPSA) is 33.1 Å². The van der Waals surface area contributed by atoms with Gasteiger partial charge in [-0.2, -0.15) is 5.10 Å². The van der Waals surface area contributed by atoms with Gasteiger partial charge < -0.3 is 5.32 Å². The van der Waals surface area contributed by atoms with Crippen molar-refractivity contribution in [1.29, 1.82) is 0 Å². The Balaban J connectivity index is 3.21. The molecule has 0 aliphatic rings. The third-order valence-corrected chi connectivity index (χ3v) is 4.71. The fourth-order valence-electron chi connectivity index (χ4n) is 3.39. The van der Waals surface area contributed by atoms with Crippen molar-refractivity contribution in [3.05, 3.63) is 18.0 Å². The molecule has 2 atom stereocenters. The molecule has 2 unspecified atom stereocenters. The summed E-state index contributed by atoms with van der Waals surface area (Å²) in [5.74, 6) is 0. The first-order valence-corrected chi connectivity index (χ1v) is 8.58. The van der Waals surface area contributed by atoms with E-state index in [1.165, 1.54) is 5.69 Å². The summed E-state index contributed by atoms with van der Waals surface area (Å²) in [5, 5.41) is 8.25. The molecule has 21 heavy (non-hydrogen) atoms. The molecule has 0 bridgehead atoms. The van der Waals surface area contributed by atoms with Gasteiger partial charge in [0.15, 0.2) is 0 Å². The number of rotatable bonds is 10. The standard InChI is InChI=1S/C17H34N4/c1-7-14-21-15(12-13-19-21)16(18-9-3)17(6,8-2)20(10-4)11-5/h12-13,16,18H,7-11,14H2,1-6H3. The van der Waals surface area contributed by atoms with E-state index in [2.05, 4.69) is 67.6 Å². The van der Waals surface area contributed by atoms with Crippen LogP contribution in [0.2, 0.25) is 0 Å². The highest BCUT2D eigenvalue weighted by atomic mass is 15.3. The van der Waals surface area contributed by atoms with Gasteiger partial charge in [-0.25, -0.2) is 0 Å². The van der Waals surface area contributed by atoms with Gasteiger partial charge in [0.05, 0.1) is 11.7 Å². The maximum atomic E-state index is 4.53. The van der Waals surface area contributed by atoms with Crippen LogP contribution in [0, 0.1) is 0 Å². The molecule has 0 saturated carbocycles. The van der Waals surface area contributed by atoms with Crippen molar-refractivity contribution in [2.75, 3.05) is 19.6 Å². The lowest BCUT2D eigenvalue weighted by Crippen LogP contribution is -2.54. The van der Waals surface area contributed by atoms with E-state index in [4.69, 9.17) is 0 Å². The van der Waals surface area contributed by atoms with E-state index in [-0.39, 0.29) is 5.54 Å². The van der Waals surface area contributed by atoms with Crippen LogP contribution in [0.3, 0.4) is 0 Å². The molecular weight excluding hydrogens is 260 g/mol. The summed E-state index contributed by atoms with van der Waals surface area (Å²) in [6.07, 6.45) is 4.17. The van der Waals surface area contributed by atoms with Crippen molar-refractivity contribution in [1.82, 2.24) is 20.0 Å². The number of nitrogens with zero attached hydrogens (tertiary/aromatic N) is 3. The van der Waals surface area contributed by atoms with Crippen molar-refractivity contribution < 1.29 is 0 Å². The van der Waals surface area contributed by atoms with Crippen LogP contribution in [0.5, 0.6) is 0 Å². The van der Waals surface area contributed by atoms with E-state index in [1.807, 2.05) is 6.20 Å². The Morgan fingerprint density at radius 2 is 1.90 bits per heavy atom. The molecule has 0 fully saturated rings. The van der Waals surface area contributed by atoms with Crippen LogP contribution in [0.25, 0.3) is 0 Å². The van der Waals surface area contributed by atoms with Gasteiger partial charge in [-0.15, -0.1) is 0 Å². The van der Waals surface area contributed by atoms with Gasteiger partial charge in [-0.1, -0.05) is 34.6 Å². The van der Waals surface area contributed by atoms with Crippen LogP contribution in [-0.4, -0.2) is 39.9 Å². The Hall–Kier alpha value is -0.870. The van der Waals surface area contributed by atoms with Crippen LogP contribution < -0.4 is 5.32 Å². The van der Waals surface area contributed by atoms with Gasteiger partial charge in [0, 0.05) is 18.3 Å². The van der Waals surface area contributed by atoms with Gasteiger partial charge >= 0.3 is 0 Å². The van der Waals surface area contributed by atoms with E-state index in [0.29, 0.717) is 6.04 Å². The third kappa shape index (κ3) is 3.86. The maximum absolute atomic E-state index is 4.53. The van der Waals surface area contributed by atoms with Crippen molar-refractivity contribution in [3.63, 3.8) is 0 Å². The van der Waals surface area contributed by atoms with Gasteiger partial charge in [0.2, 0.25) is 0 Å². The van der Waals surface area contributed by atoms with Crippen molar-refractivity contribution in [3.8, 4) is 0 Å². The normalized spacial score (nSPS) is 16.1. The lowest BCUT2D eigenvalue weighted by Gasteiger charge is -2.46. The fourth-order valence-corrected chi connectivity index (χ4v) is 3.39. The van der Waals surface area contributed by atoms with E-state index >= 15 is 0 Å². The molecule has 0 saturated heterocycles. The maximum Gasteiger partial charge on any atom is 0.0676 e. The zero-order chi connectivity index (χ0) is 15.9. The SMILES string of the molecule is CCCn1nccc1C(NCC)C(C)(CC)N(CC)CC. The van der Waals surface area contributed by atoms with Crippen LogP contribution in [0.1, 0.15) is 66.1 Å². The molecule has 1 N–H and O–H groups in total. The molecule has 0 aliphatic heterocycles. The van der Waals surface area contributed by atoms with E-state index < -0.39 is 0 Å². The van der Waals surface area contributed by atoms with Crippen molar-refractivity contribution in [2.45, 2.75) is 72.5 Å². The molecule has 122 valence electrons. The van der Waals surface area contributed by atoms with E-state index in [1.54, 1.807) is 0 Å². The molecule has 0 radical (unpaired) electrons. The molecule has 4 heteroatoms. The van der Waals surface area contributed by atoms with Crippen LogP contribution in [-0.2, 0) is 6.54 Å². The average molecular weight is 294 g/mol. The third-order valence-electron chi connectivity index (χ3n) is 4.71. The summed E-state index contributed by atoms with van der Waals surface area (Å²) in [7, 11) is 0. The first-order valence-electron chi connectivity index (χ1n) is 8.58. The van der Waals surface area contributed by atoms with Gasteiger partial charge in [0.25, 0.3) is 0 Å². The average Bonchev–Trinajstić information content (AvgIpc) is 2.94. The first-order chi connectivity index (χ1) is 10.1. The Bertz CT molecular complexity index is 397. The summed E-state index contributed by atoms with van der Waals surface area (Å²) >= 11 is 0. The lowest BCUT2D eigenvalue weighted by atomic mass is 9.84. The number of likely N-dealkylation sites (N-methyl/N-ethyl adjacent to an activating group) is 2. The predicted octanol–water partition coefficient (Wildman–Crippen LogP) is 3.45. The number of aromatic nitrogens is 2. The Kier molecular flexibility index (Phi) is 7.40. The Labute approximate surface area is 130 Å². The highest BCUT2D eigenvalue weighted by Crippen LogP contribution is 2.34. The number of nitrogens with one attached hydrogen (secondary N) is 1. The molecule has 0 amide bonds. The van der Waals surface area contributed by atoms with Crippen LogP contribution in [0.4, 0.5) is 0 Å². The lowest BCUT2D eigenvalue weighted by molar-refractivity contribution is 0.0669. The minimum atomic E-state index is 0.102. The minimum absolute atomic E-state index is 0.102. The zero-order valence-electron chi connectivity index (χ0n) is 14.8. The summed E-state index contributed by atoms with van der Waals surface area (Å²) in [6, 6.07) is 2.49. The monoisotopic (exact) mass is 294 g/mol. The highest BCUT2D eigenvalue weighted by molar-refractivity contribution is 5.15. The summed E-state index contributed by atoms with van der Waals surface area (Å²) in [4.78, 5) is 2.57. The molecule has 1 heterocycles. The van der Waals surface area contributed by atoms with E-state index in [0.717, 1.165) is 39.0 Å². The number of aryl methyl sites for hydroxylation is 1. The van der Waals surface area contributed by atoms with Crippen molar-refractivity contribution >= 4 is 0 Å². The zero-order valence-corrected chi connectivity index (χ0v) is 14.8. The van der Waals surface area contributed by atoms with Gasteiger partial charge in [-0.05, 0) is 45.5 Å². The second-order valence-electron chi connectivity index (χ2n) is 5.85. The summed E-state index contributed by atoms with van der Waals surface area (Å²) in [5.41, 5.74) is 1.42. The predicted molar refractivity (Wildman–Crippen MR) is 90.6 cm³/mol. The van der Waals surface area contributed by atoms with E-state index in [9.17, 15) is 0 Å². The number of hydrogen-bond acceptors (Lipinski definition) is 3. The molecule has 0 aliphatic carbocycles. The van der Waals surface area contributed by atoms with Gasteiger partial charge in [0.1, 0.15) is 0 Å². The van der Waals surface area contributed by atoms with Gasteiger partial charge in [-0.3, -0.25) is 9.58 Å². The fraction of sp³-hybridized carbons (Fsp3) is 0.824. The van der Waals surface area contributed by atoms with Crippen LogP contribution >= 0.6 is 0 Å². The molecule has 1 rings (SSSR count). The minimum Gasteiger partial charge on any atom is -0.307 e. The molecule has 4 nitrogen and oxygen atoms in total. The van der Waals surface area contributed by atoms with Crippen LogP contribution in [0.15, 0.2) is 12.3 Å². The molecule has 1 aromatic rings. The Morgan fingerprint density at radius 3 is 2.38 bits per heavy atom. The van der Waals surface area contributed by atoms with Crippen molar-refractivity contribution in [2.24, 2.45) is 0 Å². The first kappa shape index (κ1) is 18.2. The second kappa shape index (κ2) is 8.54. The largest absolute Gasteiger partial charge is 0.307 e. The molecule has 0 aromatic carbocycles. The quantitative estimate of drug-likeness (QED) is 0.717. The molecular formula is C17H34N4. The molecule has 0 spiro atoms. The number of hydrogen-bond donors (Lipinski definition) is 1.